The van der Waals surface area contributed by atoms with Crippen LogP contribution in [0.3, 0.4) is 0 Å². The van der Waals surface area contributed by atoms with Gasteiger partial charge in [0.25, 0.3) is 0 Å². The second-order valence-electron chi connectivity index (χ2n) is 5.16. The Hall–Kier alpha value is -1.07. The highest BCUT2D eigenvalue weighted by molar-refractivity contribution is 5.20. The predicted molar refractivity (Wildman–Crippen MR) is 68.2 cm³/mol. The van der Waals surface area contributed by atoms with Crippen LogP contribution in [0.25, 0.3) is 0 Å². The van der Waals surface area contributed by atoms with Gasteiger partial charge >= 0.3 is 0 Å². The van der Waals surface area contributed by atoms with Crippen molar-refractivity contribution in [3.8, 4) is 0 Å². The summed E-state index contributed by atoms with van der Waals surface area (Å²) in [6, 6.07) is 1.59. The Bertz CT molecular complexity index is 435. The molecule has 1 aromatic rings. The molecule has 1 unspecified atom stereocenters. The molecule has 1 aromatic carbocycles. The predicted octanol–water partition coefficient (Wildman–Crippen LogP) is 2.54. The molecule has 1 aliphatic rings. The molecule has 0 spiro atoms. The fourth-order valence-corrected chi connectivity index (χ4v) is 2.68. The van der Waals surface area contributed by atoms with E-state index in [1.54, 1.807) is 0 Å². The van der Waals surface area contributed by atoms with Crippen molar-refractivity contribution in [2.45, 2.75) is 19.4 Å². The van der Waals surface area contributed by atoms with E-state index in [1.807, 2.05) is 7.05 Å². The Labute approximate surface area is 111 Å². The second kappa shape index (κ2) is 6.39. The first-order chi connectivity index (χ1) is 9.10. The molecule has 0 saturated carbocycles. The van der Waals surface area contributed by atoms with Crippen LogP contribution in [0, 0.1) is 23.4 Å². The summed E-state index contributed by atoms with van der Waals surface area (Å²) in [7, 11) is 1.91. The summed E-state index contributed by atoms with van der Waals surface area (Å²) in [6.45, 7) is 3.00. The largest absolute Gasteiger partial charge is 0.319 e. The molecule has 0 radical (unpaired) electrons. The second-order valence-corrected chi connectivity index (χ2v) is 5.16. The molecule has 0 amide bonds. The van der Waals surface area contributed by atoms with Gasteiger partial charge in [-0.15, -0.1) is 0 Å². The summed E-state index contributed by atoms with van der Waals surface area (Å²) in [5, 5.41) is 3.14. The summed E-state index contributed by atoms with van der Waals surface area (Å²) >= 11 is 0. The Morgan fingerprint density at radius 3 is 2.68 bits per heavy atom. The highest BCUT2D eigenvalue weighted by atomic mass is 19.2. The highest BCUT2D eigenvalue weighted by Crippen LogP contribution is 2.20. The highest BCUT2D eigenvalue weighted by Gasteiger charge is 2.21. The van der Waals surface area contributed by atoms with Crippen molar-refractivity contribution >= 4 is 0 Å². The number of benzene rings is 1. The van der Waals surface area contributed by atoms with Gasteiger partial charge in [0, 0.05) is 24.7 Å². The van der Waals surface area contributed by atoms with Crippen molar-refractivity contribution in [1.82, 2.24) is 10.2 Å². The van der Waals surface area contributed by atoms with Crippen LogP contribution < -0.4 is 5.32 Å². The fourth-order valence-electron chi connectivity index (χ4n) is 2.68. The maximum absolute atomic E-state index is 13.6. The van der Waals surface area contributed by atoms with Crippen LogP contribution in [0.2, 0.25) is 0 Å². The molecule has 1 aliphatic heterocycles. The van der Waals surface area contributed by atoms with Crippen molar-refractivity contribution in [1.29, 1.82) is 0 Å². The quantitative estimate of drug-likeness (QED) is 0.847. The van der Waals surface area contributed by atoms with Gasteiger partial charge in [-0.25, -0.2) is 13.2 Å². The number of likely N-dealkylation sites (tertiary alicyclic amines) is 1. The smallest absolute Gasteiger partial charge is 0.161 e. The third-order valence-corrected chi connectivity index (χ3v) is 3.58. The first kappa shape index (κ1) is 14.3. The summed E-state index contributed by atoms with van der Waals surface area (Å²) < 4.78 is 39.6. The minimum absolute atomic E-state index is 0.226. The molecule has 1 N–H and O–H groups in total. The molecule has 106 valence electrons. The standard InChI is InChI=1S/C14H19F3N2/c1-18-7-10-3-2-4-19(8-10)9-11-5-13(16)14(17)6-12(11)15/h5-6,10,18H,2-4,7-9H2,1H3. The molecule has 0 aliphatic carbocycles. The minimum Gasteiger partial charge on any atom is -0.319 e. The van der Waals surface area contributed by atoms with Gasteiger partial charge < -0.3 is 5.32 Å². The van der Waals surface area contributed by atoms with E-state index in [9.17, 15) is 13.2 Å². The van der Waals surface area contributed by atoms with Crippen LogP contribution in [-0.4, -0.2) is 31.6 Å². The topological polar surface area (TPSA) is 15.3 Å². The zero-order valence-corrected chi connectivity index (χ0v) is 11.1. The maximum Gasteiger partial charge on any atom is 0.161 e. The third kappa shape index (κ3) is 3.70. The van der Waals surface area contributed by atoms with Gasteiger partial charge in [0.2, 0.25) is 0 Å². The Balaban J connectivity index is 2.02. The number of piperidine rings is 1. The van der Waals surface area contributed by atoms with Gasteiger partial charge in [0.1, 0.15) is 5.82 Å². The van der Waals surface area contributed by atoms with Crippen molar-refractivity contribution in [2.24, 2.45) is 5.92 Å². The van der Waals surface area contributed by atoms with Crippen molar-refractivity contribution in [3.63, 3.8) is 0 Å². The lowest BCUT2D eigenvalue weighted by atomic mass is 9.97. The first-order valence-corrected chi connectivity index (χ1v) is 6.60. The number of rotatable bonds is 4. The van der Waals surface area contributed by atoms with Crippen molar-refractivity contribution < 1.29 is 13.2 Å². The van der Waals surface area contributed by atoms with Crippen LogP contribution in [0.5, 0.6) is 0 Å². The molecule has 1 fully saturated rings. The lowest BCUT2D eigenvalue weighted by Crippen LogP contribution is -2.38. The maximum atomic E-state index is 13.6. The van der Waals surface area contributed by atoms with Crippen LogP contribution in [0.15, 0.2) is 12.1 Å². The normalized spacial score (nSPS) is 20.7. The molecule has 1 atom stereocenters. The molecule has 1 heterocycles. The molecule has 2 nitrogen and oxygen atoms in total. The van der Waals surface area contributed by atoms with Gasteiger partial charge in [-0.2, -0.15) is 0 Å². The molecule has 19 heavy (non-hydrogen) atoms. The van der Waals surface area contributed by atoms with E-state index >= 15 is 0 Å². The van der Waals surface area contributed by atoms with E-state index in [4.69, 9.17) is 0 Å². The summed E-state index contributed by atoms with van der Waals surface area (Å²) in [5.74, 6) is -2.25. The Morgan fingerprint density at radius 2 is 1.95 bits per heavy atom. The van der Waals surface area contributed by atoms with Gasteiger partial charge in [0.05, 0.1) is 0 Å². The number of hydrogen-bond acceptors (Lipinski definition) is 2. The summed E-state index contributed by atoms with van der Waals surface area (Å²) in [4.78, 5) is 2.10. The fraction of sp³-hybridized carbons (Fsp3) is 0.571. The number of nitrogens with zero attached hydrogens (tertiary/aromatic N) is 1. The average molecular weight is 272 g/mol. The van der Waals surface area contributed by atoms with E-state index in [0.29, 0.717) is 18.5 Å². The lowest BCUT2D eigenvalue weighted by molar-refractivity contribution is 0.165. The Kier molecular flexibility index (Phi) is 4.82. The van der Waals surface area contributed by atoms with Gasteiger partial charge in [-0.3, -0.25) is 4.90 Å². The van der Waals surface area contributed by atoms with Crippen LogP contribution >= 0.6 is 0 Å². The lowest BCUT2D eigenvalue weighted by Gasteiger charge is -2.32. The van der Waals surface area contributed by atoms with E-state index in [1.165, 1.54) is 0 Å². The number of halogens is 3. The number of nitrogens with one attached hydrogen (secondary N) is 1. The Morgan fingerprint density at radius 1 is 1.21 bits per heavy atom. The van der Waals surface area contributed by atoms with E-state index in [0.717, 1.165) is 38.5 Å². The van der Waals surface area contributed by atoms with Gasteiger partial charge in [-0.05, 0) is 45.0 Å². The summed E-state index contributed by atoms with van der Waals surface area (Å²) in [5.41, 5.74) is 0.226. The average Bonchev–Trinajstić information content (AvgIpc) is 2.37. The molecule has 0 aromatic heterocycles. The van der Waals surface area contributed by atoms with Crippen LogP contribution in [-0.2, 0) is 6.54 Å². The van der Waals surface area contributed by atoms with E-state index in [2.05, 4.69) is 10.2 Å². The first-order valence-electron chi connectivity index (χ1n) is 6.60. The van der Waals surface area contributed by atoms with Crippen molar-refractivity contribution in [3.05, 3.63) is 35.1 Å². The third-order valence-electron chi connectivity index (χ3n) is 3.58. The zero-order chi connectivity index (χ0) is 13.8. The van der Waals surface area contributed by atoms with Crippen LogP contribution in [0.4, 0.5) is 13.2 Å². The molecule has 5 heteroatoms. The van der Waals surface area contributed by atoms with E-state index < -0.39 is 17.5 Å². The SMILES string of the molecule is CNCC1CCCN(Cc2cc(F)c(F)cc2F)C1. The van der Waals surface area contributed by atoms with Crippen LogP contribution in [0.1, 0.15) is 18.4 Å². The zero-order valence-electron chi connectivity index (χ0n) is 11.1. The monoisotopic (exact) mass is 272 g/mol. The van der Waals surface area contributed by atoms with Crippen molar-refractivity contribution in [2.75, 3.05) is 26.7 Å². The molecule has 1 saturated heterocycles. The van der Waals surface area contributed by atoms with E-state index in [-0.39, 0.29) is 5.56 Å². The minimum atomic E-state index is -1.13. The molecule has 2 rings (SSSR count). The summed E-state index contributed by atoms with van der Waals surface area (Å²) in [6.07, 6.45) is 2.20. The molecular weight excluding hydrogens is 253 g/mol. The number of hydrogen-bond donors (Lipinski definition) is 1. The van der Waals surface area contributed by atoms with Gasteiger partial charge in [-0.1, -0.05) is 0 Å². The molecular formula is C14H19F3N2. The molecule has 0 bridgehead atoms. The van der Waals surface area contributed by atoms with Gasteiger partial charge in [0.15, 0.2) is 11.6 Å².